The van der Waals surface area contributed by atoms with Gasteiger partial charge in [0, 0.05) is 5.38 Å². The summed E-state index contributed by atoms with van der Waals surface area (Å²) in [5.74, 6) is -4.19. The molecule has 9 heteroatoms. The molecule has 0 unspecified atom stereocenters. The zero-order valence-corrected chi connectivity index (χ0v) is 13.0. The standard InChI is InChI=1S/C13H11F2NO4S2/c1-8-16-10(7-21-8)6-20-12(17)9-2-4-11(5-3-9)22(18,19)13(14)15/h2-5,7,13H,6H2,1H3. The first-order valence-electron chi connectivity index (χ1n) is 6.01. The molecule has 0 spiro atoms. The normalized spacial score (nSPS) is 11.6. The van der Waals surface area contributed by atoms with E-state index in [0.717, 1.165) is 29.3 Å². The molecule has 0 amide bonds. The second kappa shape index (κ2) is 6.49. The van der Waals surface area contributed by atoms with Gasteiger partial charge in [0.05, 0.1) is 21.2 Å². The first-order chi connectivity index (χ1) is 10.3. The number of carbonyl (C=O) groups excluding carboxylic acids is 1. The summed E-state index contributed by atoms with van der Waals surface area (Å²) in [4.78, 5) is 15.3. The molecule has 1 aromatic carbocycles. The van der Waals surface area contributed by atoms with Crippen LogP contribution in [0.4, 0.5) is 8.78 Å². The van der Waals surface area contributed by atoms with Crippen LogP contribution in [0.5, 0.6) is 0 Å². The van der Waals surface area contributed by atoms with Crippen molar-refractivity contribution in [1.82, 2.24) is 4.98 Å². The van der Waals surface area contributed by atoms with E-state index in [-0.39, 0.29) is 12.2 Å². The van der Waals surface area contributed by atoms with E-state index in [1.807, 2.05) is 6.92 Å². The lowest BCUT2D eigenvalue weighted by Gasteiger charge is -2.05. The molecular formula is C13H11F2NO4S2. The number of thiazole rings is 1. The summed E-state index contributed by atoms with van der Waals surface area (Å²) >= 11 is 1.42. The Hall–Kier alpha value is -1.87. The molecule has 0 N–H and O–H groups in total. The molecule has 0 fully saturated rings. The maximum atomic E-state index is 12.4. The molecule has 1 heterocycles. The van der Waals surface area contributed by atoms with Crippen LogP contribution in [0.3, 0.4) is 0 Å². The van der Waals surface area contributed by atoms with Crippen LogP contribution in [0.1, 0.15) is 21.1 Å². The number of benzene rings is 1. The maximum absolute atomic E-state index is 12.4. The summed E-state index contributed by atoms with van der Waals surface area (Å²) < 4.78 is 52.3. The Morgan fingerprint density at radius 1 is 1.32 bits per heavy atom. The molecule has 5 nitrogen and oxygen atoms in total. The van der Waals surface area contributed by atoms with Crippen LogP contribution >= 0.6 is 11.3 Å². The summed E-state index contributed by atoms with van der Waals surface area (Å²) in [5.41, 5.74) is 0.674. The van der Waals surface area contributed by atoms with Gasteiger partial charge in [-0.05, 0) is 31.2 Å². The molecule has 0 aliphatic carbocycles. The van der Waals surface area contributed by atoms with Crippen LogP contribution < -0.4 is 0 Å². The van der Waals surface area contributed by atoms with Gasteiger partial charge >= 0.3 is 11.7 Å². The highest BCUT2D eigenvalue weighted by atomic mass is 32.2. The van der Waals surface area contributed by atoms with Crippen LogP contribution in [-0.2, 0) is 21.2 Å². The number of rotatable bonds is 5. The number of aromatic nitrogens is 1. The van der Waals surface area contributed by atoms with Gasteiger partial charge in [0.15, 0.2) is 0 Å². The molecule has 0 radical (unpaired) electrons. The van der Waals surface area contributed by atoms with Gasteiger partial charge in [-0.1, -0.05) is 0 Å². The summed E-state index contributed by atoms with van der Waals surface area (Å²) in [6.07, 6.45) is 0. The van der Waals surface area contributed by atoms with E-state index in [1.165, 1.54) is 11.3 Å². The molecule has 1 aromatic heterocycles. The van der Waals surface area contributed by atoms with Gasteiger partial charge in [0.1, 0.15) is 6.61 Å². The second-order valence-corrected chi connectivity index (χ2v) is 7.24. The third-order valence-electron chi connectivity index (χ3n) is 2.67. The zero-order chi connectivity index (χ0) is 16.3. The largest absolute Gasteiger partial charge is 0.456 e. The molecule has 22 heavy (non-hydrogen) atoms. The van der Waals surface area contributed by atoms with Crippen molar-refractivity contribution in [3.63, 3.8) is 0 Å². The van der Waals surface area contributed by atoms with Crippen LogP contribution in [-0.4, -0.2) is 25.1 Å². The van der Waals surface area contributed by atoms with Gasteiger partial charge in [-0.25, -0.2) is 18.2 Å². The predicted octanol–water partition coefficient (Wildman–Crippen LogP) is 2.80. The Kier molecular flexibility index (Phi) is 4.87. The number of hydrogen-bond donors (Lipinski definition) is 0. The molecule has 0 aliphatic heterocycles. The fraction of sp³-hybridized carbons (Fsp3) is 0.231. The molecule has 2 aromatic rings. The lowest BCUT2D eigenvalue weighted by molar-refractivity contribution is 0.0468. The summed E-state index contributed by atoms with van der Waals surface area (Å²) in [7, 11) is -4.67. The number of ether oxygens (including phenoxy) is 1. The minimum absolute atomic E-state index is 0.0136. The molecule has 0 aliphatic rings. The number of carbonyl (C=O) groups is 1. The fourth-order valence-corrected chi connectivity index (χ4v) is 2.90. The minimum Gasteiger partial charge on any atom is -0.456 e. The molecule has 0 saturated heterocycles. The first kappa shape index (κ1) is 16.5. The van der Waals surface area contributed by atoms with Crippen molar-refractivity contribution < 1.29 is 26.7 Å². The number of hydrogen-bond acceptors (Lipinski definition) is 6. The molecule has 2 rings (SSSR count). The Balaban J connectivity index is 2.05. The number of alkyl halides is 2. The highest BCUT2D eigenvalue weighted by molar-refractivity contribution is 7.91. The van der Waals surface area contributed by atoms with Gasteiger partial charge in [-0.15, -0.1) is 11.3 Å². The van der Waals surface area contributed by atoms with Crippen LogP contribution in [0.25, 0.3) is 0 Å². The summed E-state index contributed by atoms with van der Waals surface area (Å²) in [6, 6.07) is 4.16. The third-order valence-corrected chi connectivity index (χ3v) is 4.89. The SMILES string of the molecule is Cc1nc(COC(=O)c2ccc(S(=O)(=O)C(F)F)cc2)cs1. The van der Waals surface area contributed by atoms with Crippen molar-refractivity contribution >= 4 is 27.1 Å². The molecule has 0 saturated carbocycles. The maximum Gasteiger partial charge on any atom is 0.341 e. The summed E-state index contributed by atoms with van der Waals surface area (Å²) in [5, 5.41) is 2.59. The molecular weight excluding hydrogens is 336 g/mol. The monoisotopic (exact) mass is 347 g/mol. The van der Waals surface area contributed by atoms with Crippen LogP contribution in [0.2, 0.25) is 0 Å². The quantitative estimate of drug-likeness (QED) is 0.778. The van der Waals surface area contributed by atoms with Crippen molar-refractivity contribution in [2.45, 2.75) is 24.2 Å². The average Bonchev–Trinajstić information content (AvgIpc) is 2.90. The minimum atomic E-state index is -4.67. The van der Waals surface area contributed by atoms with E-state index in [4.69, 9.17) is 4.74 Å². The van der Waals surface area contributed by atoms with Crippen LogP contribution in [0.15, 0.2) is 34.5 Å². The number of nitrogens with zero attached hydrogens (tertiary/aromatic N) is 1. The van der Waals surface area contributed by atoms with Gasteiger partial charge in [-0.2, -0.15) is 8.78 Å². The molecule has 0 atom stereocenters. The highest BCUT2D eigenvalue weighted by Gasteiger charge is 2.26. The Bertz CT molecular complexity index is 770. The van der Waals surface area contributed by atoms with E-state index in [1.54, 1.807) is 5.38 Å². The van der Waals surface area contributed by atoms with E-state index >= 15 is 0 Å². The number of aryl methyl sites for hydroxylation is 1. The third kappa shape index (κ3) is 3.66. The van der Waals surface area contributed by atoms with Gasteiger partial charge < -0.3 is 4.74 Å². The van der Waals surface area contributed by atoms with E-state index in [0.29, 0.717) is 5.69 Å². The van der Waals surface area contributed by atoms with Gasteiger partial charge in [0.2, 0.25) is 9.84 Å². The van der Waals surface area contributed by atoms with Crippen molar-refractivity contribution in [1.29, 1.82) is 0 Å². The van der Waals surface area contributed by atoms with Crippen molar-refractivity contribution in [2.75, 3.05) is 0 Å². The number of esters is 1. The highest BCUT2D eigenvalue weighted by Crippen LogP contribution is 2.19. The second-order valence-electron chi connectivity index (χ2n) is 4.26. The topological polar surface area (TPSA) is 73.3 Å². The molecule has 0 bridgehead atoms. The van der Waals surface area contributed by atoms with Gasteiger partial charge in [-0.3, -0.25) is 0 Å². The smallest absolute Gasteiger partial charge is 0.341 e. The Morgan fingerprint density at radius 2 is 1.95 bits per heavy atom. The lowest BCUT2D eigenvalue weighted by atomic mass is 10.2. The van der Waals surface area contributed by atoms with Crippen molar-refractivity contribution in [2.24, 2.45) is 0 Å². The van der Waals surface area contributed by atoms with E-state index in [2.05, 4.69) is 4.98 Å². The van der Waals surface area contributed by atoms with E-state index in [9.17, 15) is 22.0 Å². The Morgan fingerprint density at radius 3 is 2.45 bits per heavy atom. The Labute approximate surface area is 129 Å². The number of sulfone groups is 1. The summed E-state index contributed by atoms with van der Waals surface area (Å²) in [6.45, 7) is 1.80. The lowest BCUT2D eigenvalue weighted by Crippen LogP contribution is -2.12. The molecule has 118 valence electrons. The fourth-order valence-electron chi connectivity index (χ4n) is 1.58. The van der Waals surface area contributed by atoms with Crippen LogP contribution in [0, 0.1) is 6.92 Å². The predicted molar refractivity (Wildman–Crippen MR) is 75.6 cm³/mol. The zero-order valence-electron chi connectivity index (χ0n) is 11.3. The first-order valence-corrected chi connectivity index (χ1v) is 8.43. The van der Waals surface area contributed by atoms with Gasteiger partial charge in [0.25, 0.3) is 0 Å². The van der Waals surface area contributed by atoms with Crippen molar-refractivity contribution in [3.05, 3.63) is 45.9 Å². The average molecular weight is 347 g/mol. The van der Waals surface area contributed by atoms with Crippen molar-refractivity contribution in [3.8, 4) is 0 Å². The number of halogens is 2. The van der Waals surface area contributed by atoms with E-state index < -0.39 is 26.5 Å².